The van der Waals surface area contributed by atoms with E-state index in [4.69, 9.17) is 0 Å². The highest BCUT2D eigenvalue weighted by Gasteiger charge is 2.30. The van der Waals surface area contributed by atoms with E-state index in [2.05, 4.69) is 4.99 Å². The average molecular weight is 337 g/mol. The van der Waals surface area contributed by atoms with Crippen LogP contribution in [-0.4, -0.2) is 10.7 Å². The number of rotatable bonds is 2. The first-order chi connectivity index (χ1) is 10.8. The highest BCUT2D eigenvalue weighted by atomic mass is 32.2. The van der Waals surface area contributed by atoms with Crippen LogP contribution in [0.2, 0.25) is 0 Å². The molecule has 0 bridgehead atoms. The van der Waals surface area contributed by atoms with Crippen LogP contribution in [0.4, 0.5) is 18.9 Å². The van der Waals surface area contributed by atoms with Gasteiger partial charge in [-0.05, 0) is 36.8 Å². The lowest BCUT2D eigenvalue weighted by molar-refractivity contribution is -0.137. The number of fused-ring (bicyclic) bond motifs is 1. The number of nitrogens with zero attached hydrogens (tertiary/aromatic N) is 1. The van der Waals surface area contributed by atoms with Gasteiger partial charge in [0.2, 0.25) is 5.12 Å². The Kier molecular flexibility index (Phi) is 4.02. The molecule has 1 heterocycles. The van der Waals surface area contributed by atoms with E-state index in [0.717, 1.165) is 17.7 Å². The summed E-state index contributed by atoms with van der Waals surface area (Å²) in [6.07, 6.45) is -4.34. The van der Waals surface area contributed by atoms with Crippen molar-refractivity contribution in [2.24, 2.45) is 4.99 Å². The smallest absolute Gasteiger partial charge is 0.283 e. The Hall–Kier alpha value is -2.08. The number of carbonyl (C=O) groups excluding carboxylic acids is 1. The second-order valence-corrected chi connectivity index (χ2v) is 7.29. The fourth-order valence-electron chi connectivity index (χ4n) is 2.38. The van der Waals surface area contributed by atoms with Gasteiger partial charge < -0.3 is 0 Å². The summed E-state index contributed by atoms with van der Waals surface area (Å²) in [6.45, 7) is 1.91. The SMILES string of the molecule is Cc1ccc2c(c1)C(=O)[SH](Cc1ccc(C(F)(F)F)cc1)C=N2. The summed E-state index contributed by atoms with van der Waals surface area (Å²) in [5.74, 6) is 0.406. The summed E-state index contributed by atoms with van der Waals surface area (Å²) in [7, 11) is -1.16. The first-order valence-electron chi connectivity index (χ1n) is 6.96. The van der Waals surface area contributed by atoms with Gasteiger partial charge in [-0.3, -0.25) is 9.79 Å². The molecule has 1 aliphatic heterocycles. The molecule has 1 aliphatic rings. The minimum atomic E-state index is -4.34. The van der Waals surface area contributed by atoms with Crippen LogP contribution < -0.4 is 0 Å². The van der Waals surface area contributed by atoms with Gasteiger partial charge >= 0.3 is 6.18 Å². The molecule has 2 aromatic rings. The molecule has 120 valence electrons. The van der Waals surface area contributed by atoms with Crippen molar-refractivity contribution in [2.45, 2.75) is 18.9 Å². The number of halogens is 3. The molecule has 2 aromatic carbocycles. The van der Waals surface area contributed by atoms with Crippen LogP contribution in [0.3, 0.4) is 0 Å². The molecular formula is C17H14F3NOS. The normalized spacial score (nSPS) is 18.8. The number of aliphatic imine (C=N–C) groups is 1. The topological polar surface area (TPSA) is 29.4 Å². The lowest BCUT2D eigenvalue weighted by Gasteiger charge is -2.21. The van der Waals surface area contributed by atoms with Crippen LogP contribution in [0.1, 0.15) is 27.0 Å². The van der Waals surface area contributed by atoms with E-state index in [9.17, 15) is 18.0 Å². The van der Waals surface area contributed by atoms with Crippen molar-refractivity contribution >= 4 is 27.2 Å². The zero-order valence-corrected chi connectivity index (χ0v) is 13.2. The largest absolute Gasteiger partial charge is 0.416 e. The number of carbonyl (C=O) groups is 1. The molecular weight excluding hydrogens is 323 g/mol. The maximum Gasteiger partial charge on any atom is 0.416 e. The van der Waals surface area contributed by atoms with Crippen molar-refractivity contribution in [3.05, 3.63) is 64.7 Å². The molecule has 23 heavy (non-hydrogen) atoms. The van der Waals surface area contributed by atoms with E-state index < -0.39 is 22.6 Å². The Labute approximate surface area is 134 Å². The van der Waals surface area contributed by atoms with Gasteiger partial charge in [0.1, 0.15) is 0 Å². The lowest BCUT2D eigenvalue weighted by Crippen LogP contribution is -2.09. The molecule has 0 aliphatic carbocycles. The number of alkyl halides is 3. The number of benzene rings is 2. The van der Waals surface area contributed by atoms with Gasteiger partial charge in [-0.25, -0.2) is 0 Å². The Morgan fingerprint density at radius 1 is 1.09 bits per heavy atom. The second-order valence-electron chi connectivity index (χ2n) is 5.39. The molecule has 3 rings (SSSR count). The minimum Gasteiger partial charge on any atom is -0.283 e. The Balaban J connectivity index is 1.81. The Bertz CT molecular complexity index is 781. The minimum absolute atomic E-state index is 0.0218. The molecule has 0 saturated carbocycles. The first-order valence-corrected chi connectivity index (χ1v) is 8.56. The number of aryl methyl sites for hydroxylation is 1. The van der Waals surface area contributed by atoms with E-state index in [-0.39, 0.29) is 5.12 Å². The standard InChI is InChI=1S/C17H14F3NOS/c1-11-2-7-15-14(8-11)16(22)23(10-21-15)9-12-3-5-13(6-4-12)17(18,19)20/h2-8,10,23H,9H2,1H3. The lowest BCUT2D eigenvalue weighted by atomic mass is 10.1. The highest BCUT2D eigenvalue weighted by Crippen LogP contribution is 2.40. The van der Waals surface area contributed by atoms with Gasteiger partial charge in [0, 0.05) is 11.3 Å². The van der Waals surface area contributed by atoms with Gasteiger partial charge in [0.25, 0.3) is 0 Å². The molecule has 0 amide bonds. The molecule has 1 unspecified atom stereocenters. The summed E-state index contributed by atoms with van der Waals surface area (Å²) in [5.41, 5.74) is 3.92. The molecule has 0 fully saturated rings. The Morgan fingerprint density at radius 2 is 1.78 bits per heavy atom. The zero-order chi connectivity index (χ0) is 16.6. The maximum absolute atomic E-state index is 12.6. The third-order valence-electron chi connectivity index (χ3n) is 3.61. The van der Waals surface area contributed by atoms with Crippen LogP contribution in [0, 0.1) is 6.92 Å². The third kappa shape index (κ3) is 3.32. The van der Waals surface area contributed by atoms with Crippen molar-refractivity contribution in [3.63, 3.8) is 0 Å². The van der Waals surface area contributed by atoms with E-state index in [1.807, 2.05) is 25.1 Å². The van der Waals surface area contributed by atoms with Crippen LogP contribution >= 0.6 is 10.9 Å². The highest BCUT2D eigenvalue weighted by molar-refractivity contribution is 8.39. The summed E-state index contributed by atoms with van der Waals surface area (Å²) in [6, 6.07) is 10.5. The van der Waals surface area contributed by atoms with Gasteiger partial charge in [-0.2, -0.15) is 13.2 Å². The maximum atomic E-state index is 12.6. The summed E-state index contributed by atoms with van der Waals surface area (Å²) in [5, 5.41) is 0.0218. The molecule has 0 spiro atoms. The van der Waals surface area contributed by atoms with Crippen molar-refractivity contribution in [1.29, 1.82) is 0 Å². The summed E-state index contributed by atoms with van der Waals surface area (Å²) in [4.78, 5) is 16.9. The zero-order valence-electron chi connectivity index (χ0n) is 12.3. The predicted octanol–water partition coefficient (Wildman–Crippen LogP) is 5.03. The van der Waals surface area contributed by atoms with Gasteiger partial charge in [-0.15, -0.1) is 10.9 Å². The fraction of sp³-hybridized carbons (Fsp3) is 0.176. The van der Waals surface area contributed by atoms with Crippen LogP contribution in [0.25, 0.3) is 0 Å². The third-order valence-corrected chi connectivity index (χ3v) is 5.48. The van der Waals surface area contributed by atoms with Crippen molar-refractivity contribution in [2.75, 3.05) is 0 Å². The van der Waals surface area contributed by atoms with E-state index in [0.29, 0.717) is 22.6 Å². The summed E-state index contributed by atoms with van der Waals surface area (Å²) >= 11 is 0. The molecule has 0 N–H and O–H groups in total. The Morgan fingerprint density at radius 3 is 2.43 bits per heavy atom. The average Bonchev–Trinajstić information content (AvgIpc) is 2.50. The monoisotopic (exact) mass is 337 g/mol. The molecule has 0 aromatic heterocycles. The number of hydrogen-bond donors (Lipinski definition) is 1. The van der Waals surface area contributed by atoms with Crippen LogP contribution in [-0.2, 0) is 11.9 Å². The van der Waals surface area contributed by atoms with Crippen molar-refractivity contribution in [1.82, 2.24) is 0 Å². The fourth-order valence-corrected chi connectivity index (χ4v) is 4.07. The van der Waals surface area contributed by atoms with Gasteiger partial charge in [0.15, 0.2) is 0 Å². The quantitative estimate of drug-likeness (QED) is 0.765. The number of thiol groups is 1. The van der Waals surface area contributed by atoms with Crippen molar-refractivity contribution in [3.8, 4) is 0 Å². The molecule has 1 atom stereocenters. The first kappa shape index (κ1) is 15.8. The summed E-state index contributed by atoms with van der Waals surface area (Å²) < 4.78 is 37.7. The van der Waals surface area contributed by atoms with Gasteiger partial charge in [0.05, 0.1) is 16.8 Å². The predicted molar refractivity (Wildman–Crippen MR) is 87.8 cm³/mol. The van der Waals surface area contributed by atoms with E-state index in [1.165, 1.54) is 12.1 Å². The van der Waals surface area contributed by atoms with Crippen molar-refractivity contribution < 1.29 is 18.0 Å². The van der Waals surface area contributed by atoms with E-state index in [1.54, 1.807) is 5.55 Å². The molecule has 0 saturated heterocycles. The molecule has 6 heteroatoms. The molecule has 0 radical (unpaired) electrons. The second kappa shape index (κ2) is 5.85. The number of hydrogen-bond acceptors (Lipinski definition) is 2. The van der Waals surface area contributed by atoms with Gasteiger partial charge in [-0.1, -0.05) is 23.8 Å². The molecule has 2 nitrogen and oxygen atoms in total. The van der Waals surface area contributed by atoms with E-state index >= 15 is 0 Å². The van der Waals surface area contributed by atoms with Crippen LogP contribution in [0.5, 0.6) is 0 Å². The van der Waals surface area contributed by atoms with Crippen LogP contribution in [0.15, 0.2) is 47.5 Å².